The van der Waals surface area contributed by atoms with Gasteiger partial charge in [0.05, 0.1) is 23.4 Å². The van der Waals surface area contributed by atoms with Crippen molar-refractivity contribution < 1.29 is 13.2 Å². The molecule has 6 rings (SSSR count). The number of carbonyl (C=O) groups is 1. The van der Waals surface area contributed by atoms with Crippen LogP contribution in [0, 0.1) is 23.2 Å². The van der Waals surface area contributed by atoms with E-state index in [1.54, 1.807) is 6.92 Å². The fourth-order valence-corrected chi connectivity index (χ4v) is 7.54. The number of carbonyl (C=O) groups excluding carboxylic acids is 1. The van der Waals surface area contributed by atoms with Crippen molar-refractivity contribution >= 4 is 21.7 Å². The van der Waals surface area contributed by atoms with Crippen LogP contribution in [0.15, 0.2) is 6.33 Å². The van der Waals surface area contributed by atoms with Gasteiger partial charge in [-0.1, -0.05) is 0 Å². The van der Waals surface area contributed by atoms with E-state index in [-0.39, 0.29) is 23.6 Å². The molecule has 8 heteroatoms. The molecule has 1 aliphatic heterocycles. The van der Waals surface area contributed by atoms with Crippen LogP contribution >= 0.6 is 0 Å². The SMILES string of the molecule is CCS(=O)(=O)N1CCc2c(ncnc2NC(=O)C23CC4CC(CC(C4)C2)C3)C1. The minimum absolute atomic E-state index is 0.0863. The molecular weight excluding hydrogens is 376 g/mol. The van der Waals surface area contributed by atoms with Crippen molar-refractivity contribution in [3.8, 4) is 0 Å². The monoisotopic (exact) mass is 404 g/mol. The number of anilines is 1. The third kappa shape index (κ3) is 2.96. The Balaban J connectivity index is 1.37. The van der Waals surface area contributed by atoms with E-state index in [2.05, 4.69) is 15.3 Å². The van der Waals surface area contributed by atoms with Crippen molar-refractivity contribution in [2.24, 2.45) is 23.2 Å². The van der Waals surface area contributed by atoms with Gasteiger partial charge >= 0.3 is 0 Å². The first-order valence-electron chi connectivity index (χ1n) is 10.5. The van der Waals surface area contributed by atoms with Gasteiger partial charge < -0.3 is 5.32 Å². The number of hydrogen-bond acceptors (Lipinski definition) is 5. The lowest BCUT2D eigenvalue weighted by molar-refractivity contribution is -0.140. The summed E-state index contributed by atoms with van der Waals surface area (Å²) < 4.78 is 25.9. The second-order valence-electron chi connectivity index (χ2n) is 9.28. The lowest BCUT2D eigenvalue weighted by Gasteiger charge is -2.55. The Morgan fingerprint density at radius 3 is 2.43 bits per heavy atom. The Morgan fingerprint density at radius 2 is 1.82 bits per heavy atom. The molecule has 0 aromatic carbocycles. The number of fused-ring (bicyclic) bond motifs is 1. The van der Waals surface area contributed by atoms with Crippen LogP contribution in [-0.2, 0) is 27.8 Å². The lowest BCUT2D eigenvalue weighted by Crippen LogP contribution is -2.52. The molecule has 152 valence electrons. The first-order chi connectivity index (χ1) is 13.4. The number of rotatable bonds is 4. The van der Waals surface area contributed by atoms with Crippen molar-refractivity contribution in [1.82, 2.24) is 14.3 Å². The van der Waals surface area contributed by atoms with Gasteiger partial charge in [-0.2, -0.15) is 4.31 Å². The number of aromatic nitrogens is 2. The highest BCUT2D eigenvalue weighted by Gasteiger charge is 2.54. The summed E-state index contributed by atoms with van der Waals surface area (Å²) in [5.74, 6) is 2.93. The van der Waals surface area contributed by atoms with Crippen LogP contribution in [0.5, 0.6) is 0 Å². The quantitative estimate of drug-likeness (QED) is 0.832. The third-order valence-electron chi connectivity index (χ3n) is 7.48. The molecule has 0 unspecified atom stereocenters. The second kappa shape index (κ2) is 6.49. The van der Waals surface area contributed by atoms with Crippen molar-refractivity contribution in [2.75, 3.05) is 17.6 Å². The maximum atomic E-state index is 13.3. The summed E-state index contributed by atoms with van der Waals surface area (Å²) in [4.78, 5) is 22.0. The summed E-state index contributed by atoms with van der Waals surface area (Å²) in [7, 11) is -3.25. The average Bonchev–Trinajstić information content (AvgIpc) is 2.66. The molecule has 4 saturated carbocycles. The Labute approximate surface area is 166 Å². The van der Waals surface area contributed by atoms with Crippen LogP contribution in [0.3, 0.4) is 0 Å². The van der Waals surface area contributed by atoms with Crippen molar-refractivity contribution in [1.29, 1.82) is 0 Å². The van der Waals surface area contributed by atoms with Gasteiger partial charge in [0.25, 0.3) is 0 Å². The lowest BCUT2D eigenvalue weighted by atomic mass is 9.49. The van der Waals surface area contributed by atoms with Crippen molar-refractivity contribution in [3.05, 3.63) is 17.6 Å². The Kier molecular flexibility index (Phi) is 4.28. The summed E-state index contributed by atoms with van der Waals surface area (Å²) in [6, 6.07) is 0. The molecule has 1 N–H and O–H groups in total. The predicted molar refractivity (Wildman–Crippen MR) is 105 cm³/mol. The third-order valence-corrected chi connectivity index (χ3v) is 9.31. The van der Waals surface area contributed by atoms with E-state index in [1.807, 2.05) is 0 Å². The molecule has 5 aliphatic rings. The van der Waals surface area contributed by atoms with E-state index in [9.17, 15) is 13.2 Å². The largest absolute Gasteiger partial charge is 0.310 e. The molecule has 1 amide bonds. The van der Waals surface area contributed by atoms with E-state index in [1.165, 1.54) is 29.9 Å². The topological polar surface area (TPSA) is 92.3 Å². The molecule has 0 spiro atoms. The van der Waals surface area contributed by atoms with Gasteiger partial charge in [-0.25, -0.2) is 18.4 Å². The van der Waals surface area contributed by atoms with Gasteiger partial charge in [-0.15, -0.1) is 0 Å². The molecule has 4 fully saturated rings. The fourth-order valence-electron chi connectivity index (χ4n) is 6.49. The van der Waals surface area contributed by atoms with Crippen LogP contribution in [0.4, 0.5) is 5.82 Å². The molecule has 0 saturated heterocycles. The van der Waals surface area contributed by atoms with E-state index >= 15 is 0 Å². The van der Waals surface area contributed by atoms with Gasteiger partial charge in [0.1, 0.15) is 12.1 Å². The molecule has 28 heavy (non-hydrogen) atoms. The number of hydrogen-bond donors (Lipinski definition) is 1. The second-order valence-corrected chi connectivity index (χ2v) is 11.5. The Bertz CT molecular complexity index is 879. The maximum Gasteiger partial charge on any atom is 0.231 e. The number of nitrogens with one attached hydrogen (secondary N) is 1. The molecule has 1 aromatic heterocycles. The molecule has 4 aliphatic carbocycles. The van der Waals surface area contributed by atoms with E-state index < -0.39 is 10.0 Å². The van der Waals surface area contributed by atoms with Crippen LogP contribution < -0.4 is 5.32 Å². The van der Waals surface area contributed by atoms with Crippen LogP contribution in [-0.4, -0.2) is 40.9 Å². The van der Waals surface area contributed by atoms with E-state index in [4.69, 9.17) is 0 Å². The van der Waals surface area contributed by atoms with E-state index in [0.717, 1.165) is 24.8 Å². The molecule has 0 radical (unpaired) electrons. The van der Waals surface area contributed by atoms with Crippen LogP contribution in [0.25, 0.3) is 0 Å². The number of amides is 1. The summed E-state index contributed by atoms with van der Waals surface area (Å²) in [6.45, 7) is 2.33. The molecule has 0 atom stereocenters. The zero-order valence-corrected chi connectivity index (χ0v) is 17.2. The summed E-state index contributed by atoms with van der Waals surface area (Å²) in [5, 5.41) is 3.14. The number of sulfonamides is 1. The predicted octanol–water partition coefficient (Wildman–Crippen LogP) is 2.34. The van der Waals surface area contributed by atoms with Gasteiger partial charge in [0.2, 0.25) is 15.9 Å². The smallest absolute Gasteiger partial charge is 0.231 e. The zero-order valence-electron chi connectivity index (χ0n) is 16.4. The first kappa shape index (κ1) is 18.5. The molecule has 7 nitrogen and oxygen atoms in total. The van der Waals surface area contributed by atoms with Crippen molar-refractivity contribution in [3.63, 3.8) is 0 Å². The van der Waals surface area contributed by atoms with Crippen molar-refractivity contribution in [2.45, 2.75) is 58.4 Å². The summed E-state index contributed by atoms with van der Waals surface area (Å²) in [5.41, 5.74) is 1.38. The molecule has 4 bridgehead atoms. The Morgan fingerprint density at radius 1 is 1.18 bits per heavy atom. The van der Waals surface area contributed by atoms with E-state index in [0.29, 0.717) is 42.2 Å². The minimum atomic E-state index is -3.25. The summed E-state index contributed by atoms with van der Waals surface area (Å²) in [6.07, 6.45) is 8.93. The minimum Gasteiger partial charge on any atom is -0.310 e. The van der Waals surface area contributed by atoms with Gasteiger partial charge in [-0.05, 0) is 69.6 Å². The average molecular weight is 405 g/mol. The zero-order chi connectivity index (χ0) is 19.5. The normalized spacial score (nSPS) is 34.2. The highest BCUT2D eigenvalue weighted by Crippen LogP contribution is 2.60. The highest BCUT2D eigenvalue weighted by molar-refractivity contribution is 7.89. The summed E-state index contributed by atoms with van der Waals surface area (Å²) >= 11 is 0. The van der Waals surface area contributed by atoms with Crippen LogP contribution in [0.2, 0.25) is 0 Å². The molecule has 1 aromatic rings. The van der Waals surface area contributed by atoms with Crippen LogP contribution in [0.1, 0.15) is 56.7 Å². The molecule has 2 heterocycles. The highest BCUT2D eigenvalue weighted by atomic mass is 32.2. The Hall–Kier alpha value is -1.54. The maximum absolute atomic E-state index is 13.3. The van der Waals surface area contributed by atoms with Gasteiger partial charge in [-0.3, -0.25) is 4.79 Å². The first-order valence-corrected chi connectivity index (χ1v) is 12.1. The number of nitrogens with zero attached hydrogens (tertiary/aromatic N) is 3. The fraction of sp³-hybridized carbons (Fsp3) is 0.750. The molecular formula is C20H28N4O3S. The standard InChI is InChI=1S/C20H28N4O3S/c1-2-28(26,27)24-4-3-16-17(11-24)21-12-22-18(16)23-19(25)20-8-13-5-14(9-20)7-15(6-13)10-20/h12-15H,2-11H2,1H3,(H,21,22,23,25). The van der Waals surface area contributed by atoms with Gasteiger partial charge in [0, 0.05) is 12.1 Å². The van der Waals surface area contributed by atoms with Gasteiger partial charge in [0.15, 0.2) is 0 Å².